The van der Waals surface area contributed by atoms with E-state index in [1.807, 2.05) is 0 Å². The molecule has 0 radical (unpaired) electrons. The Labute approximate surface area is 54.5 Å². The second-order valence-electron chi connectivity index (χ2n) is 0.938. The maximum absolute atomic E-state index is 10.2. The van der Waals surface area contributed by atoms with Gasteiger partial charge in [-0.05, 0) is 0 Å². The number of hydrogen-bond acceptors (Lipinski definition) is 2. The van der Waals surface area contributed by atoms with E-state index in [9.17, 15) is 4.79 Å². The van der Waals surface area contributed by atoms with Crippen LogP contribution in [0.15, 0.2) is 10.4 Å². The Balaban J connectivity index is 3.58. The van der Waals surface area contributed by atoms with Gasteiger partial charge in [0.05, 0.1) is 0 Å². The van der Waals surface area contributed by atoms with Gasteiger partial charge in [-0.15, -0.1) is 0 Å². The Kier molecular flexibility index (Phi) is 3.00. The van der Waals surface area contributed by atoms with E-state index in [0.29, 0.717) is 3.79 Å². The average molecular weight is 266 g/mol. The number of ether oxygens (including phenoxy) is 1. The Morgan fingerprint density at radius 1 is 1.86 bits per heavy atom. The SMILES string of the molecule is C=[C]([Ta])C(=O)OC. The van der Waals surface area contributed by atoms with Crippen molar-refractivity contribution >= 4 is 5.97 Å². The van der Waals surface area contributed by atoms with Crippen LogP contribution in [0.25, 0.3) is 0 Å². The van der Waals surface area contributed by atoms with Gasteiger partial charge in [-0.25, -0.2) is 0 Å². The zero-order valence-corrected chi connectivity index (χ0v) is 7.18. The van der Waals surface area contributed by atoms with Gasteiger partial charge in [0.2, 0.25) is 0 Å². The van der Waals surface area contributed by atoms with Gasteiger partial charge < -0.3 is 0 Å². The van der Waals surface area contributed by atoms with Crippen LogP contribution in [0, 0.1) is 0 Å². The molecule has 0 N–H and O–H groups in total. The van der Waals surface area contributed by atoms with Gasteiger partial charge in [0, 0.05) is 0 Å². The molecule has 0 fully saturated rings. The molecule has 0 aromatic heterocycles. The molecule has 0 aliphatic rings. The predicted molar refractivity (Wildman–Crippen MR) is 21.2 cm³/mol. The molecule has 0 aliphatic carbocycles. The normalized spacial score (nSPS) is 7.57. The van der Waals surface area contributed by atoms with Crippen molar-refractivity contribution in [3.05, 3.63) is 10.4 Å². The van der Waals surface area contributed by atoms with Crippen LogP contribution in [0.2, 0.25) is 0 Å². The third-order valence-corrected chi connectivity index (χ3v) is 1.08. The number of rotatable bonds is 1. The quantitative estimate of drug-likeness (QED) is 0.501. The molecule has 0 rings (SSSR count). The molecule has 0 aromatic rings. The Morgan fingerprint density at radius 3 is 2.29 bits per heavy atom. The topological polar surface area (TPSA) is 26.3 Å². The predicted octanol–water partition coefficient (Wildman–Crippen LogP) is 0.220. The first-order valence-corrected chi connectivity index (χ1v) is 3.25. The fourth-order valence-electron chi connectivity index (χ4n) is 0.118. The summed E-state index contributed by atoms with van der Waals surface area (Å²) in [6, 6.07) is 0. The van der Waals surface area contributed by atoms with Crippen molar-refractivity contribution in [2.45, 2.75) is 0 Å². The molecule has 3 heteroatoms. The van der Waals surface area contributed by atoms with Crippen LogP contribution < -0.4 is 0 Å². The summed E-state index contributed by atoms with van der Waals surface area (Å²) in [5.74, 6) is -0.298. The molecule has 0 spiro atoms. The summed E-state index contributed by atoms with van der Waals surface area (Å²) < 4.78 is 4.84. The number of carbonyl (C=O) groups excluding carboxylic acids is 1. The number of esters is 1. The Bertz CT molecular complexity index is 97.9. The van der Waals surface area contributed by atoms with Crippen LogP contribution in [0.1, 0.15) is 0 Å². The van der Waals surface area contributed by atoms with Gasteiger partial charge in [-0.1, -0.05) is 0 Å². The van der Waals surface area contributed by atoms with Crippen LogP contribution in [0.3, 0.4) is 0 Å². The van der Waals surface area contributed by atoms with Crippen molar-refractivity contribution in [2.75, 3.05) is 7.11 Å². The third-order valence-electron chi connectivity index (χ3n) is 0.421. The van der Waals surface area contributed by atoms with Crippen LogP contribution >= 0.6 is 0 Å². The van der Waals surface area contributed by atoms with Gasteiger partial charge in [-0.3, -0.25) is 0 Å². The molecule has 0 aromatic carbocycles. The molecular formula is C4H5O2Ta. The summed E-state index contributed by atoms with van der Waals surface area (Å²) in [5, 5.41) is 0. The second kappa shape index (κ2) is 3.02. The van der Waals surface area contributed by atoms with Crippen molar-refractivity contribution in [2.24, 2.45) is 0 Å². The van der Waals surface area contributed by atoms with Gasteiger partial charge in [0.1, 0.15) is 0 Å². The molecule has 0 atom stereocenters. The van der Waals surface area contributed by atoms with Gasteiger partial charge in [0.15, 0.2) is 0 Å². The summed E-state index contributed by atoms with van der Waals surface area (Å²) in [6.45, 7) is 3.40. The van der Waals surface area contributed by atoms with Crippen molar-refractivity contribution < 1.29 is 30.6 Å². The van der Waals surface area contributed by atoms with E-state index < -0.39 is 0 Å². The molecule has 0 heterocycles. The van der Waals surface area contributed by atoms with Crippen LogP contribution in [-0.4, -0.2) is 13.1 Å². The van der Waals surface area contributed by atoms with Crippen LogP contribution in [-0.2, 0) is 30.6 Å². The van der Waals surface area contributed by atoms with Gasteiger partial charge in [-0.2, -0.15) is 0 Å². The monoisotopic (exact) mass is 266 g/mol. The summed E-state index contributed by atoms with van der Waals surface area (Å²) in [7, 11) is 1.35. The van der Waals surface area contributed by atoms with E-state index in [1.54, 1.807) is 0 Å². The first-order chi connectivity index (χ1) is 3.18. The van der Waals surface area contributed by atoms with Crippen molar-refractivity contribution in [1.29, 1.82) is 0 Å². The van der Waals surface area contributed by atoms with Crippen molar-refractivity contribution in [3.63, 3.8) is 0 Å². The Morgan fingerprint density at radius 2 is 2.29 bits per heavy atom. The van der Waals surface area contributed by atoms with Gasteiger partial charge >= 0.3 is 54.0 Å². The molecule has 0 saturated heterocycles. The molecule has 0 aliphatic heterocycles. The first-order valence-electron chi connectivity index (χ1n) is 1.64. The fourth-order valence-corrected chi connectivity index (χ4v) is 0.446. The van der Waals surface area contributed by atoms with Crippen LogP contribution in [0.4, 0.5) is 0 Å². The van der Waals surface area contributed by atoms with Crippen molar-refractivity contribution in [3.8, 4) is 0 Å². The number of methoxy groups -OCH3 is 1. The van der Waals surface area contributed by atoms with Crippen LogP contribution in [0.5, 0.6) is 0 Å². The summed E-state index contributed by atoms with van der Waals surface area (Å²) in [5.41, 5.74) is 0. The standard InChI is InChI=1S/C4H5O2.Ta/c1-3-4(5)6-2;/h1H2,2H3;. The minimum absolute atomic E-state index is 0.298. The molecule has 0 saturated carbocycles. The summed E-state index contributed by atoms with van der Waals surface area (Å²) >= 11 is 0.875. The van der Waals surface area contributed by atoms with E-state index >= 15 is 0 Å². The first kappa shape index (κ1) is 6.95. The molecule has 38 valence electrons. The zero-order chi connectivity index (χ0) is 5.86. The fraction of sp³-hybridized carbons (Fsp3) is 0.250. The molecule has 0 amide bonds. The average Bonchev–Trinajstić information content (AvgIpc) is 1.65. The molecule has 2 nitrogen and oxygen atoms in total. The summed E-state index contributed by atoms with van der Waals surface area (Å²) in [6.07, 6.45) is 0. The van der Waals surface area contributed by atoms with E-state index in [1.165, 1.54) is 7.11 Å². The molecule has 7 heavy (non-hydrogen) atoms. The Hall–Kier alpha value is -0.0497. The van der Waals surface area contributed by atoms with Crippen molar-refractivity contribution in [1.82, 2.24) is 0 Å². The third kappa shape index (κ3) is 2.62. The zero-order valence-electron chi connectivity index (χ0n) is 3.97. The molecule has 0 bridgehead atoms. The van der Waals surface area contributed by atoms with E-state index in [4.69, 9.17) is 0 Å². The van der Waals surface area contributed by atoms with E-state index in [2.05, 4.69) is 11.3 Å². The maximum atomic E-state index is 10.2. The van der Waals surface area contributed by atoms with Gasteiger partial charge in [0.25, 0.3) is 0 Å². The molecule has 0 unspecified atom stereocenters. The number of carbonyl (C=O) groups is 1. The van der Waals surface area contributed by atoms with E-state index in [-0.39, 0.29) is 5.97 Å². The second-order valence-corrected chi connectivity index (χ2v) is 2.88. The van der Waals surface area contributed by atoms with E-state index in [0.717, 1.165) is 21.1 Å². The molecular weight excluding hydrogens is 261 g/mol. The minimum atomic E-state index is -0.298. The summed E-state index contributed by atoms with van der Waals surface area (Å²) in [4.78, 5) is 10.2. The number of hydrogen-bond donors (Lipinski definition) is 0.